The van der Waals surface area contributed by atoms with Crippen LogP contribution in [-0.2, 0) is 10.0 Å². The predicted molar refractivity (Wildman–Crippen MR) is 83.3 cm³/mol. The monoisotopic (exact) mass is 298 g/mol. The zero-order valence-electron chi connectivity index (χ0n) is 13.2. The Bertz CT molecular complexity index is 563. The molecular formula is C15H26N2O2S. The minimum Gasteiger partial charge on any atom is -0.329 e. The van der Waals surface area contributed by atoms with Crippen molar-refractivity contribution in [3.8, 4) is 0 Å². The fourth-order valence-electron chi connectivity index (χ4n) is 2.42. The van der Waals surface area contributed by atoms with Crippen LogP contribution in [0.15, 0.2) is 17.0 Å². The molecule has 0 aliphatic rings. The summed E-state index contributed by atoms with van der Waals surface area (Å²) >= 11 is 0. The third kappa shape index (κ3) is 3.81. The lowest BCUT2D eigenvalue weighted by Gasteiger charge is -2.30. The summed E-state index contributed by atoms with van der Waals surface area (Å²) in [6.07, 6.45) is 0. The third-order valence-electron chi connectivity index (χ3n) is 3.45. The molecule has 1 aromatic rings. The van der Waals surface area contributed by atoms with Gasteiger partial charge in [0.1, 0.15) is 0 Å². The predicted octanol–water partition coefficient (Wildman–Crippen LogP) is 2.26. The molecule has 1 rings (SSSR count). The molecule has 0 aromatic heterocycles. The van der Waals surface area contributed by atoms with Gasteiger partial charge >= 0.3 is 0 Å². The molecule has 0 aliphatic carbocycles. The van der Waals surface area contributed by atoms with E-state index in [1.54, 1.807) is 0 Å². The summed E-state index contributed by atoms with van der Waals surface area (Å²) in [6, 6.07) is 3.47. The van der Waals surface area contributed by atoms with Crippen molar-refractivity contribution in [1.82, 2.24) is 4.72 Å². The van der Waals surface area contributed by atoms with Crippen LogP contribution in [0.3, 0.4) is 0 Å². The standard InChI is InChI=1S/C15H26N2O2S/c1-10-7-11(2)14(12(3)8-10)20(18,19)17-13(9-16)15(4,5)6/h7-8,13,17H,9,16H2,1-6H3. The Hall–Kier alpha value is -0.910. The van der Waals surface area contributed by atoms with Gasteiger partial charge in [-0.1, -0.05) is 38.5 Å². The van der Waals surface area contributed by atoms with E-state index >= 15 is 0 Å². The van der Waals surface area contributed by atoms with Crippen LogP contribution in [0.25, 0.3) is 0 Å². The Morgan fingerprint density at radius 3 is 1.95 bits per heavy atom. The fourth-order valence-corrected chi connectivity index (χ4v) is 4.32. The number of nitrogens with one attached hydrogen (secondary N) is 1. The maximum Gasteiger partial charge on any atom is 0.241 e. The van der Waals surface area contributed by atoms with Crippen molar-refractivity contribution in [1.29, 1.82) is 0 Å². The van der Waals surface area contributed by atoms with Crippen molar-refractivity contribution in [2.45, 2.75) is 52.5 Å². The number of benzene rings is 1. The van der Waals surface area contributed by atoms with Crippen LogP contribution in [0.2, 0.25) is 0 Å². The molecule has 5 heteroatoms. The highest BCUT2D eigenvalue weighted by molar-refractivity contribution is 7.89. The topological polar surface area (TPSA) is 72.2 Å². The zero-order chi connectivity index (χ0) is 15.7. The average Bonchev–Trinajstić information content (AvgIpc) is 2.22. The summed E-state index contributed by atoms with van der Waals surface area (Å²) in [6.45, 7) is 11.8. The smallest absolute Gasteiger partial charge is 0.241 e. The van der Waals surface area contributed by atoms with Crippen LogP contribution in [0.5, 0.6) is 0 Å². The van der Waals surface area contributed by atoms with Crippen molar-refractivity contribution >= 4 is 10.0 Å². The molecule has 0 spiro atoms. The second-order valence-electron chi connectivity index (χ2n) is 6.50. The molecule has 0 saturated heterocycles. The highest BCUT2D eigenvalue weighted by Crippen LogP contribution is 2.25. The molecule has 0 saturated carbocycles. The molecule has 0 amide bonds. The summed E-state index contributed by atoms with van der Waals surface area (Å²) in [7, 11) is -3.56. The van der Waals surface area contributed by atoms with E-state index in [1.807, 2.05) is 53.7 Å². The molecule has 3 N–H and O–H groups in total. The van der Waals surface area contributed by atoms with Gasteiger partial charge in [-0.25, -0.2) is 13.1 Å². The van der Waals surface area contributed by atoms with Gasteiger partial charge in [0.05, 0.1) is 4.90 Å². The van der Waals surface area contributed by atoms with Crippen molar-refractivity contribution in [3.05, 3.63) is 28.8 Å². The summed E-state index contributed by atoms with van der Waals surface area (Å²) < 4.78 is 28.0. The van der Waals surface area contributed by atoms with E-state index in [0.29, 0.717) is 4.90 Å². The van der Waals surface area contributed by atoms with Crippen molar-refractivity contribution < 1.29 is 8.42 Å². The first-order valence-electron chi connectivity index (χ1n) is 6.79. The minimum atomic E-state index is -3.56. The van der Waals surface area contributed by atoms with Crippen molar-refractivity contribution in [2.75, 3.05) is 6.54 Å². The summed E-state index contributed by atoms with van der Waals surface area (Å²) in [5, 5.41) is 0. The lowest BCUT2D eigenvalue weighted by Crippen LogP contribution is -2.48. The number of nitrogens with two attached hydrogens (primary N) is 1. The van der Waals surface area contributed by atoms with E-state index in [1.165, 1.54) is 0 Å². The summed E-state index contributed by atoms with van der Waals surface area (Å²) in [5.74, 6) is 0. The van der Waals surface area contributed by atoms with E-state index in [0.717, 1.165) is 16.7 Å². The normalized spacial score (nSPS) is 14.3. The van der Waals surface area contributed by atoms with Crippen LogP contribution in [0.4, 0.5) is 0 Å². The second-order valence-corrected chi connectivity index (χ2v) is 8.15. The molecular weight excluding hydrogens is 272 g/mol. The minimum absolute atomic E-state index is 0.228. The van der Waals surface area contributed by atoms with Crippen molar-refractivity contribution in [2.24, 2.45) is 11.1 Å². The maximum absolute atomic E-state index is 12.6. The SMILES string of the molecule is Cc1cc(C)c(S(=O)(=O)NC(CN)C(C)(C)C)c(C)c1. The fraction of sp³-hybridized carbons (Fsp3) is 0.600. The third-order valence-corrected chi connectivity index (χ3v) is 5.23. The van der Waals surface area contributed by atoms with Gasteiger partial charge in [-0.2, -0.15) is 0 Å². The molecule has 0 radical (unpaired) electrons. The van der Waals surface area contributed by atoms with Gasteiger partial charge in [0.2, 0.25) is 10.0 Å². The molecule has 0 heterocycles. The van der Waals surface area contributed by atoms with Crippen LogP contribution in [0.1, 0.15) is 37.5 Å². The molecule has 0 bridgehead atoms. The highest BCUT2D eigenvalue weighted by atomic mass is 32.2. The van der Waals surface area contributed by atoms with Gasteiger partial charge in [0, 0.05) is 12.6 Å². The second kappa shape index (κ2) is 5.84. The van der Waals surface area contributed by atoms with E-state index in [-0.39, 0.29) is 18.0 Å². The van der Waals surface area contributed by atoms with E-state index in [2.05, 4.69) is 4.72 Å². The Labute approximate surface area is 122 Å². The quantitative estimate of drug-likeness (QED) is 0.895. The average molecular weight is 298 g/mol. The molecule has 0 aliphatic heterocycles. The van der Waals surface area contributed by atoms with Crippen molar-refractivity contribution in [3.63, 3.8) is 0 Å². The Morgan fingerprint density at radius 1 is 1.15 bits per heavy atom. The number of sulfonamides is 1. The Kier molecular flexibility index (Phi) is 5.00. The molecule has 0 fully saturated rings. The number of hydrogen-bond donors (Lipinski definition) is 2. The lowest BCUT2D eigenvalue weighted by atomic mass is 9.88. The van der Waals surface area contributed by atoms with Gasteiger partial charge in [0.15, 0.2) is 0 Å². The molecule has 1 unspecified atom stereocenters. The molecule has 4 nitrogen and oxygen atoms in total. The maximum atomic E-state index is 12.6. The molecule has 20 heavy (non-hydrogen) atoms. The first kappa shape index (κ1) is 17.1. The van der Waals surface area contributed by atoms with E-state index in [9.17, 15) is 8.42 Å². The first-order valence-corrected chi connectivity index (χ1v) is 8.27. The van der Waals surface area contributed by atoms with Gasteiger partial charge in [-0.3, -0.25) is 0 Å². The van der Waals surface area contributed by atoms with Crippen LogP contribution >= 0.6 is 0 Å². The highest BCUT2D eigenvalue weighted by Gasteiger charge is 2.30. The van der Waals surface area contributed by atoms with Crippen LogP contribution in [-0.4, -0.2) is 21.0 Å². The van der Waals surface area contributed by atoms with Gasteiger partial charge in [0.25, 0.3) is 0 Å². The number of rotatable bonds is 4. The van der Waals surface area contributed by atoms with Crippen LogP contribution < -0.4 is 10.5 Å². The summed E-state index contributed by atoms with van der Waals surface area (Å²) in [4.78, 5) is 0.366. The van der Waals surface area contributed by atoms with Crippen LogP contribution in [0, 0.1) is 26.2 Å². The number of aryl methyl sites for hydroxylation is 3. The van der Waals surface area contributed by atoms with Gasteiger partial charge < -0.3 is 5.73 Å². The Morgan fingerprint density at radius 2 is 1.60 bits per heavy atom. The molecule has 1 atom stereocenters. The van der Waals surface area contributed by atoms with E-state index < -0.39 is 10.0 Å². The zero-order valence-corrected chi connectivity index (χ0v) is 14.1. The van der Waals surface area contributed by atoms with Gasteiger partial charge in [-0.15, -0.1) is 0 Å². The largest absolute Gasteiger partial charge is 0.329 e. The first-order chi connectivity index (χ1) is 8.99. The Balaban J connectivity index is 3.25. The number of hydrogen-bond acceptors (Lipinski definition) is 3. The van der Waals surface area contributed by atoms with Gasteiger partial charge in [-0.05, 0) is 37.3 Å². The molecule has 1 aromatic carbocycles. The molecule has 114 valence electrons. The lowest BCUT2D eigenvalue weighted by molar-refractivity contribution is 0.304. The summed E-state index contributed by atoms with van der Waals surface area (Å²) in [5.41, 5.74) is 8.08. The van der Waals surface area contributed by atoms with E-state index in [4.69, 9.17) is 5.73 Å².